The Morgan fingerprint density at radius 2 is 2.10 bits per heavy atom. The molecule has 0 saturated carbocycles. The number of carbonyl (C=O) groups is 1. The summed E-state index contributed by atoms with van der Waals surface area (Å²) in [5.41, 5.74) is 8.47. The van der Waals surface area contributed by atoms with Crippen LogP contribution in [-0.4, -0.2) is 22.6 Å². The van der Waals surface area contributed by atoms with Gasteiger partial charge in [0, 0.05) is 11.1 Å². The normalized spacial score (nSPS) is 11.2. The first-order valence-electron chi connectivity index (χ1n) is 6.90. The van der Waals surface area contributed by atoms with Crippen LogP contribution < -0.4 is 5.73 Å². The van der Waals surface area contributed by atoms with Crippen molar-refractivity contribution in [2.75, 3.05) is 6.54 Å². The number of nitrogens with two attached hydrogens (primary N) is 1. The van der Waals surface area contributed by atoms with Gasteiger partial charge in [0.15, 0.2) is 0 Å². The molecule has 0 amide bonds. The standard InChI is InChI=1S/C16H20N2O2/c1-10(2)11-5-6-15-13(8-11)14(16(19)20)9-12(18-15)4-3-7-17/h5-6,8-10H,3-4,7,17H2,1-2H3,(H,19,20). The molecule has 1 aromatic carbocycles. The number of pyridine rings is 1. The zero-order chi connectivity index (χ0) is 14.7. The fraction of sp³-hybridized carbons (Fsp3) is 0.375. The minimum absolute atomic E-state index is 0.324. The van der Waals surface area contributed by atoms with E-state index < -0.39 is 5.97 Å². The Morgan fingerprint density at radius 1 is 1.35 bits per heavy atom. The van der Waals surface area contributed by atoms with Crippen molar-refractivity contribution in [1.82, 2.24) is 4.98 Å². The highest BCUT2D eigenvalue weighted by Crippen LogP contribution is 2.24. The Morgan fingerprint density at radius 3 is 2.70 bits per heavy atom. The fourth-order valence-electron chi connectivity index (χ4n) is 2.25. The van der Waals surface area contributed by atoms with Crippen LogP contribution in [0.4, 0.5) is 0 Å². The SMILES string of the molecule is CC(C)c1ccc2nc(CCCN)cc(C(=O)O)c2c1. The predicted octanol–water partition coefficient (Wildman–Crippen LogP) is 2.95. The Labute approximate surface area is 118 Å². The Balaban J connectivity index is 2.59. The van der Waals surface area contributed by atoms with Crippen molar-refractivity contribution in [1.29, 1.82) is 0 Å². The van der Waals surface area contributed by atoms with Crippen LogP contribution >= 0.6 is 0 Å². The van der Waals surface area contributed by atoms with E-state index in [0.29, 0.717) is 29.8 Å². The maximum absolute atomic E-state index is 11.5. The minimum atomic E-state index is -0.910. The lowest BCUT2D eigenvalue weighted by Gasteiger charge is -2.10. The van der Waals surface area contributed by atoms with Gasteiger partial charge in [0.2, 0.25) is 0 Å². The smallest absolute Gasteiger partial charge is 0.336 e. The van der Waals surface area contributed by atoms with Crippen molar-refractivity contribution in [2.24, 2.45) is 5.73 Å². The van der Waals surface area contributed by atoms with Crippen molar-refractivity contribution in [3.8, 4) is 0 Å². The van der Waals surface area contributed by atoms with Gasteiger partial charge in [-0.15, -0.1) is 0 Å². The molecule has 1 aromatic heterocycles. The molecule has 0 aliphatic rings. The molecule has 4 heteroatoms. The maximum Gasteiger partial charge on any atom is 0.336 e. The molecule has 0 atom stereocenters. The first kappa shape index (κ1) is 14.5. The van der Waals surface area contributed by atoms with Crippen molar-refractivity contribution < 1.29 is 9.90 Å². The van der Waals surface area contributed by atoms with Crippen LogP contribution in [0, 0.1) is 0 Å². The van der Waals surface area contributed by atoms with Crippen molar-refractivity contribution in [2.45, 2.75) is 32.6 Å². The number of aromatic carboxylic acids is 1. The Bertz CT molecular complexity index is 636. The van der Waals surface area contributed by atoms with E-state index in [0.717, 1.165) is 23.2 Å². The van der Waals surface area contributed by atoms with Gasteiger partial charge in [0.25, 0.3) is 0 Å². The number of benzene rings is 1. The molecule has 0 fully saturated rings. The molecule has 0 spiro atoms. The van der Waals surface area contributed by atoms with E-state index in [9.17, 15) is 9.90 Å². The van der Waals surface area contributed by atoms with E-state index in [1.807, 2.05) is 18.2 Å². The molecular formula is C16H20N2O2. The van der Waals surface area contributed by atoms with Crippen LogP contribution in [0.1, 0.15) is 47.8 Å². The number of nitrogens with zero attached hydrogens (tertiary/aromatic N) is 1. The van der Waals surface area contributed by atoms with Gasteiger partial charge < -0.3 is 10.8 Å². The molecule has 0 unspecified atom stereocenters. The van der Waals surface area contributed by atoms with Crippen LogP contribution in [0.15, 0.2) is 24.3 Å². The monoisotopic (exact) mass is 272 g/mol. The number of fused-ring (bicyclic) bond motifs is 1. The second kappa shape index (κ2) is 6.01. The van der Waals surface area contributed by atoms with Crippen LogP contribution in [0.5, 0.6) is 0 Å². The summed E-state index contributed by atoms with van der Waals surface area (Å²) in [6.45, 7) is 4.75. The minimum Gasteiger partial charge on any atom is -0.478 e. The lowest BCUT2D eigenvalue weighted by Crippen LogP contribution is -2.05. The first-order chi connectivity index (χ1) is 9.52. The summed E-state index contributed by atoms with van der Waals surface area (Å²) in [6, 6.07) is 7.52. The zero-order valence-corrected chi connectivity index (χ0v) is 11.9. The van der Waals surface area contributed by atoms with Crippen molar-refractivity contribution in [3.63, 3.8) is 0 Å². The van der Waals surface area contributed by atoms with Crippen LogP contribution in [0.25, 0.3) is 10.9 Å². The van der Waals surface area contributed by atoms with Gasteiger partial charge in [0.1, 0.15) is 0 Å². The highest BCUT2D eigenvalue weighted by Gasteiger charge is 2.13. The maximum atomic E-state index is 11.5. The van der Waals surface area contributed by atoms with Crippen LogP contribution in [-0.2, 0) is 6.42 Å². The van der Waals surface area contributed by atoms with Gasteiger partial charge in [-0.05, 0) is 49.1 Å². The summed E-state index contributed by atoms with van der Waals surface area (Å²) in [5, 5.41) is 10.1. The number of hydrogen-bond acceptors (Lipinski definition) is 3. The van der Waals surface area contributed by atoms with Gasteiger partial charge in [-0.2, -0.15) is 0 Å². The molecule has 2 aromatic rings. The van der Waals surface area contributed by atoms with E-state index in [2.05, 4.69) is 18.8 Å². The molecule has 4 nitrogen and oxygen atoms in total. The van der Waals surface area contributed by atoms with E-state index in [1.165, 1.54) is 0 Å². The number of carboxylic acid groups (broad SMARTS) is 1. The molecule has 0 bridgehead atoms. The summed E-state index contributed by atoms with van der Waals surface area (Å²) in [4.78, 5) is 16.0. The number of aromatic nitrogens is 1. The van der Waals surface area contributed by atoms with Gasteiger partial charge in [-0.25, -0.2) is 4.79 Å². The number of rotatable bonds is 5. The highest BCUT2D eigenvalue weighted by atomic mass is 16.4. The molecule has 0 aliphatic heterocycles. The van der Waals surface area contributed by atoms with Crippen molar-refractivity contribution in [3.05, 3.63) is 41.1 Å². The molecule has 2 rings (SSSR count). The quantitative estimate of drug-likeness (QED) is 0.877. The van der Waals surface area contributed by atoms with Crippen LogP contribution in [0.3, 0.4) is 0 Å². The topological polar surface area (TPSA) is 76.2 Å². The average molecular weight is 272 g/mol. The molecule has 0 aliphatic carbocycles. The van der Waals surface area contributed by atoms with Crippen molar-refractivity contribution >= 4 is 16.9 Å². The van der Waals surface area contributed by atoms with E-state index in [1.54, 1.807) is 6.07 Å². The molecular weight excluding hydrogens is 252 g/mol. The lowest BCUT2D eigenvalue weighted by atomic mass is 9.98. The van der Waals surface area contributed by atoms with E-state index in [-0.39, 0.29) is 0 Å². The second-order valence-corrected chi connectivity index (χ2v) is 5.29. The molecule has 20 heavy (non-hydrogen) atoms. The van der Waals surface area contributed by atoms with Gasteiger partial charge in [-0.1, -0.05) is 19.9 Å². The molecule has 0 radical (unpaired) electrons. The third-order valence-corrected chi connectivity index (χ3v) is 3.42. The zero-order valence-electron chi connectivity index (χ0n) is 11.9. The average Bonchev–Trinajstić information content (AvgIpc) is 2.43. The number of hydrogen-bond donors (Lipinski definition) is 2. The summed E-state index contributed by atoms with van der Waals surface area (Å²) in [6.07, 6.45) is 1.51. The summed E-state index contributed by atoms with van der Waals surface area (Å²) in [7, 11) is 0. The van der Waals surface area contributed by atoms with E-state index >= 15 is 0 Å². The third-order valence-electron chi connectivity index (χ3n) is 3.42. The molecule has 0 saturated heterocycles. The molecule has 3 N–H and O–H groups in total. The van der Waals surface area contributed by atoms with Crippen LogP contribution in [0.2, 0.25) is 0 Å². The summed E-state index contributed by atoms with van der Waals surface area (Å²) < 4.78 is 0. The second-order valence-electron chi connectivity index (χ2n) is 5.29. The first-order valence-corrected chi connectivity index (χ1v) is 6.90. The molecule has 106 valence electrons. The summed E-state index contributed by atoms with van der Waals surface area (Å²) >= 11 is 0. The van der Waals surface area contributed by atoms with Gasteiger partial charge >= 0.3 is 5.97 Å². The largest absolute Gasteiger partial charge is 0.478 e. The molecule has 1 heterocycles. The number of carboxylic acids is 1. The van der Waals surface area contributed by atoms with Gasteiger partial charge in [-0.3, -0.25) is 4.98 Å². The fourth-order valence-corrected chi connectivity index (χ4v) is 2.25. The predicted molar refractivity (Wildman–Crippen MR) is 80.2 cm³/mol. The van der Waals surface area contributed by atoms with Gasteiger partial charge in [0.05, 0.1) is 11.1 Å². The Kier molecular flexibility index (Phi) is 4.35. The number of aryl methyl sites for hydroxylation is 1. The summed E-state index contributed by atoms with van der Waals surface area (Å²) in [5.74, 6) is -0.551. The lowest BCUT2D eigenvalue weighted by molar-refractivity contribution is 0.0699. The highest BCUT2D eigenvalue weighted by molar-refractivity contribution is 6.02. The Hall–Kier alpha value is -1.94. The third kappa shape index (κ3) is 2.96. The van der Waals surface area contributed by atoms with E-state index in [4.69, 9.17) is 5.73 Å².